The van der Waals surface area contributed by atoms with Crippen molar-refractivity contribution in [3.8, 4) is 0 Å². The first-order valence-electron chi connectivity index (χ1n) is 6.44. The fourth-order valence-electron chi connectivity index (χ4n) is 1.80. The van der Waals surface area contributed by atoms with Crippen LogP contribution in [-0.2, 0) is 11.8 Å². The molecule has 1 heterocycles. The third-order valence-electron chi connectivity index (χ3n) is 3.22. The quantitative estimate of drug-likeness (QED) is 0.816. The van der Waals surface area contributed by atoms with Gasteiger partial charge < -0.3 is 10.0 Å². The number of carbonyl (C=O) groups is 1. The number of aliphatic hydroxyl groups excluding tert-OH is 1. The number of aliphatic hydroxyl groups is 1. The SMILES string of the molecule is Cc1nn(C)c(C)c1/C=C/C(=O)N(C)CCC(C)O. The zero-order valence-electron chi connectivity index (χ0n) is 12.3. The van der Waals surface area contributed by atoms with Crippen molar-refractivity contribution in [3.05, 3.63) is 23.0 Å². The van der Waals surface area contributed by atoms with Gasteiger partial charge in [0, 0.05) is 38.0 Å². The molecule has 1 aromatic rings. The van der Waals surface area contributed by atoms with E-state index in [-0.39, 0.29) is 12.0 Å². The molecule has 0 fully saturated rings. The summed E-state index contributed by atoms with van der Waals surface area (Å²) < 4.78 is 1.80. The predicted molar refractivity (Wildman–Crippen MR) is 75.7 cm³/mol. The van der Waals surface area contributed by atoms with Crippen LogP contribution in [0.4, 0.5) is 0 Å². The first-order valence-corrected chi connectivity index (χ1v) is 6.44. The Morgan fingerprint density at radius 2 is 2.16 bits per heavy atom. The van der Waals surface area contributed by atoms with Crippen LogP contribution >= 0.6 is 0 Å². The number of carbonyl (C=O) groups excluding carboxylic acids is 1. The smallest absolute Gasteiger partial charge is 0.246 e. The largest absolute Gasteiger partial charge is 0.393 e. The molecular weight excluding hydrogens is 242 g/mol. The average molecular weight is 265 g/mol. The van der Waals surface area contributed by atoms with Crippen LogP contribution in [0.3, 0.4) is 0 Å². The summed E-state index contributed by atoms with van der Waals surface area (Å²) in [5.41, 5.74) is 2.93. The minimum Gasteiger partial charge on any atom is -0.393 e. The lowest BCUT2D eigenvalue weighted by Crippen LogP contribution is -2.27. The first-order chi connectivity index (χ1) is 8.82. The van der Waals surface area contributed by atoms with Crippen molar-refractivity contribution >= 4 is 12.0 Å². The fraction of sp³-hybridized carbons (Fsp3) is 0.571. The molecule has 0 radical (unpaired) electrons. The molecule has 1 amide bonds. The standard InChI is InChI=1S/C14H23N3O2/c1-10(18)8-9-16(4)14(19)7-6-13-11(2)15-17(5)12(13)3/h6-7,10,18H,8-9H2,1-5H3/b7-6+. The molecule has 0 aliphatic heterocycles. The van der Waals surface area contributed by atoms with Crippen LogP contribution in [-0.4, -0.2) is 45.4 Å². The Bertz CT molecular complexity index is 475. The highest BCUT2D eigenvalue weighted by Crippen LogP contribution is 2.13. The van der Waals surface area contributed by atoms with Crippen molar-refractivity contribution in [1.29, 1.82) is 0 Å². The lowest BCUT2D eigenvalue weighted by atomic mass is 10.2. The number of nitrogens with zero attached hydrogens (tertiary/aromatic N) is 3. The van der Waals surface area contributed by atoms with Crippen LogP contribution in [0.25, 0.3) is 6.08 Å². The lowest BCUT2D eigenvalue weighted by molar-refractivity contribution is -0.124. The molecule has 0 bridgehead atoms. The summed E-state index contributed by atoms with van der Waals surface area (Å²) in [5.74, 6) is -0.0664. The summed E-state index contributed by atoms with van der Waals surface area (Å²) in [6.07, 6.45) is 3.56. The maximum absolute atomic E-state index is 11.9. The minimum atomic E-state index is -0.387. The van der Waals surface area contributed by atoms with Gasteiger partial charge in [0.1, 0.15) is 0 Å². The second-order valence-electron chi connectivity index (χ2n) is 4.94. The second-order valence-corrected chi connectivity index (χ2v) is 4.94. The maximum atomic E-state index is 11.9. The predicted octanol–water partition coefficient (Wildman–Crippen LogP) is 1.28. The molecule has 0 saturated heterocycles. The lowest BCUT2D eigenvalue weighted by Gasteiger charge is -2.15. The molecule has 1 atom stereocenters. The zero-order valence-corrected chi connectivity index (χ0v) is 12.3. The van der Waals surface area contributed by atoms with Crippen molar-refractivity contribution in [2.75, 3.05) is 13.6 Å². The number of aromatic nitrogens is 2. The third kappa shape index (κ3) is 4.21. The van der Waals surface area contributed by atoms with Gasteiger partial charge in [-0.15, -0.1) is 0 Å². The van der Waals surface area contributed by atoms with E-state index in [1.807, 2.05) is 20.9 Å². The Labute approximate surface area is 114 Å². The minimum absolute atomic E-state index is 0.0664. The fourth-order valence-corrected chi connectivity index (χ4v) is 1.80. The molecule has 0 aliphatic carbocycles. The molecule has 0 aliphatic rings. The van der Waals surface area contributed by atoms with Gasteiger partial charge in [0.05, 0.1) is 11.8 Å². The van der Waals surface area contributed by atoms with Gasteiger partial charge in [0.2, 0.25) is 5.91 Å². The highest BCUT2D eigenvalue weighted by Gasteiger charge is 2.09. The summed E-state index contributed by atoms with van der Waals surface area (Å²) in [4.78, 5) is 13.5. The molecule has 5 nitrogen and oxygen atoms in total. The van der Waals surface area contributed by atoms with Crippen LogP contribution in [0, 0.1) is 13.8 Å². The van der Waals surface area contributed by atoms with E-state index in [4.69, 9.17) is 0 Å². The highest BCUT2D eigenvalue weighted by molar-refractivity contribution is 5.91. The monoisotopic (exact) mass is 265 g/mol. The summed E-state index contributed by atoms with van der Waals surface area (Å²) in [5, 5.41) is 13.5. The van der Waals surface area contributed by atoms with Crippen LogP contribution in [0.2, 0.25) is 0 Å². The molecule has 106 valence electrons. The molecule has 1 unspecified atom stereocenters. The number of hydrogen-bond acceptors (Lipinski definition) is 3. The van der Waals surface area contributed by atoms with E-state index in [2.05, 4.69) is 5.10 Å². The van der Waals surface area contributed by atoms with E-state index >= 15 is 0 Å². The maximum Gasteiger partial charge on any atom is 0.246 e. The van der Waals surface area contributed by atoms with Gasteiger partial charge in [0.25, 0.3) is 0 Å². The van der Waals surface area contributed by atoms with Crippen molar-refractivity contribution < 1.29 is 9.90 Å². The van der Waals surface area contributed by atoms with Crippen LogP contribution in [0.1, 0.15) is 30.3 Å². The first kappa shape index (κ1) is 15.4. The molecule has 1 rings (SSSR count). The van der Waals surface area contributed by atoms with Gasteiger partial charge in [-0.25, -0.2) is 0 Å². The molecule has 19 heavy (non-hydrogen) atoms. The van der Waals surface area contributed by atoms with Gasteiger partial charge in [0.15, 0.2) is 0 Å². The van der Waals surface area contributed by atoms with E-state index < -0.39 is 0 Å². The van der Waals surface area contributed by atoms with Gasteiger partial charge in [-0.05, 0) is 33.3 Å². The highest BCUT2D eigenvalue weighted by atomic mass is 16.3. The average Bonchev–Trinajstić information content (AvgIpc) is 2.58. The number of likely N-dealkylation sites (N-methyl/N-ethyl adjacent to an activating group) is 1. The molecule has 1 aromatic heterocycles. The molecule has 0 spiro atoms. The van der Waals surface area contributed by atoms with E-state index in [0.717, 1.165) is 17.0 Å². The summed E-state index contributed by atoms with van der Waals surface area (Å²) in [6.45, 7) is 6.16. The van der Waals surface area contributed by atoms with Crippen LogP contribution < -0.4 is 0 Å². The molecule has 1 N–H and O–H groups in total. The number of amides is 1. The van der Waals surface area contributed by atoms with E-state index in [1.165, 1.54) is 0 Å². The molecule has 5 heteroatoms. The van der Waals surface area contributed by atoms with Crippen LogP contribution in [0.5, 0.6) is 0 Å². The van der Waals surface area contributed by atoms with Gasteiger partial charge in [-0.3, -0.25) is 9.48 Å². The summed E-state index contributed by atoms with van der Waals surface area (Å²) in [6, 6.07) is 0. The number of hydrogen-bond donors (Lipinski definition) is 1. The normalized spacial score (nSPS) is 12.9. The van der Waals surface area contributed by atoms with E-state index in [1.54, 1.807) is 35.7 Å². The van der Waals surface area contributed by atoms with Gasteiger partial charge >= 0.3 is 0 Å². The Hall–Kier alpha value is -1.62. The van der Waals surface area contributed by atoms with Crippen LogP contribution in [0.15, 0.2) is 6.08 Å². The van der Waals surface area contributed by atoms with E-state index in [9.17, 15) is 9.90 Å². The van der Waals surface area contributed by atoms with Gasteiger partial charge in [-0.1, -0.05) is 0 Å². The number of rotatable bonds is 5. The van der Waals surface area contributed by atoms with Crippen molar-refractivity contribution in [2.24, 2.45) is 7.05 Å². The zero-order chi connectivity index (χ0) is 14.6. The summed E-state index contributed by atoms with van der Waals surface area (Å²) >= 11 is 0. The van der Waals surface area contributed by atoms with Gasteiger partial charge in [-0.2, -0.15) is 5.10 Å². The van der Waals surface area contributed by atoms with Crippen molar-refractivity contribution in [3.63, 3.8) is 0 Å². The van der Waals surface area contributed by atoms with E-state index in [0.29, 0.717) is 13.0 Å². The Morgan fingerprint density at radius 3 is 2.63 bits per heavy atom. The number of aryl methyl sites for hydroxylation is 2. The molecular formula is C14H23N3O2. The Kier molecular flexibility index (Phi) is 5.30. The van der Waals surface area contributed by atoms with Crippen molar-refractivity contribution in [1.82, 2.24) is 14.7 Å². The third-order valence-corrected chi connectivity index (χ3v) is 3.22. The molecule has 0 aromatic carbocycles. The topological polar surface area (TPSA) is 58.4 Å². The Balaban J connectivity index is 2.68. The Morgan fingerprint density at radius 1 is 1.53 bits per heavy atom. The van der Waals surface area contributed by atoms with Crippen molar-refractivity contribution in [2.45, 2.75) is 33.3 Å². The molecule has 0 saturated carbocycles. The summed E-state index contributed by atoms with van der Waals surface area (Å²) in [7, 11) is 3.62. The second kappa shape index (κ2) is 6.52.